The number of alkyl halides is 2. The van der Waals surface area contributed by atoms with Gasteiger partial charge in [0.1, 0.15) is 16.3 Å². The lowest BCUT2D eigenvalue weighted by molar-refractivity contribution is 0.142. The minimum Gasteiger partial charge on any atom is -0.506 e. The molecule has 0 saturated carbocycles. The Balaban J connectivity index is 3.65. The standard InChI is InChI=1S/C7H6ClF2NO3S/c1-3-4(12)2-11-5(7(9)10)6(3)15(8,13)14/h2,7,12H,1H3. The Bertz CT molecular complexity index is 489. The van der Waals surface area contributed by atoms with Crippen molar-refractivity contribution in [2.24, 2.45) is 0 Å². The molecule has 1 heterocycles. The van der Waals surface area contributed by atoms with E-state index < -0.39 is 31.8 Å². The maximum absolute atomic E-state index is 12.4. The highest BCUT2D eigenvalue weighted by Gasteiger charge is 2.27. The summed E-state index contributed by atoms with van der Waals surface area (Å²) in [6.07, 6.45) is -2.32. The molecule has 0 amide bonds. The second kappa shape index (κ2) is 3.90. The Morgan fingerprint density at radius 2 is 2.07 bits per heavy atom. The van der Waals surface area contributed by atoms with Crippen LogP contribution in [0, 0.1) is 6.92 Å². The van der Waals surface area contributed by atoms with Gasteiger partial charge in [-0.25, -0.2) is 22.2 Å². The van der Waals surface area contributed by atoms with E-state index in [0.717, 1.165) is 13.1 Å². The zero-order chi connectivity index (χ0) is 11.8. The van der Waals surface area contributed by atoms with Crippen molar-refractivity contribution >= 4 is 19.7 Å². The summed E-state index contributed by atoms with van der Waals surface area (Å²) in [5, 5.41) is 9.14. The molecule has 0 radical (unpaired) electrons. The van der Waals surface area contributed by atoms with Crippen molar-refractivity contribution in [3.05, 3.63) is 17.5 Å². The number of aromatic nitrogens is 1. The first-order chi connectivity index (χ1) is 6.75. The van der Waals surface area contributed by atoms with E-state index in [1.54, 1.807) is 0 Å². The first-order valence-corrected chi connectivity index (χ1v) is 5.97. The smallest absolute Gasteiger partial charge is 0.281 e. The van der Waals surface area contributed by atoms with Gasteiger partial charge in [0.05, 0.1) is 6.20 Å². The third kappa shape index (κ3) is 2.35. The van der Waals surface area contributed by atoms with E-state index in [4.69, 9.17) is 15.8 Å². The lowest BCUT2D eigenvalue weighted by atomic mass is 10.2. The fourth-order valence-electron chi connectivity index (χ4n) is 1.06. The molecule has 0 saturated heterocycles. The maximum Gasteiger partial charge on any atom is 0.281 e. The monoisotopic (exact) mass is 257 g/mol. The topological polar surface area (TPSA) is 67.3 Å². The Morgan fingerprint density at radius 1 is 1.53 bits per heavy atom. The number of rotatable bonds is 2. The Hall–Kier alpha value is -0.950. The van der Waals surface area contributed by atoms with E-state index in [-0.39, 0.29) is 5.56 Å². The van der Waals surface area contributed by atoms with E-state index in [1.165, 1.54) is 0 Å². The SMILES string of the molecule is Cc1c(O)cnc(C(F)F)c1S(=O)(=O)Cl. The van der Waals surface area contributed by atoms with E-state index in [0.29, 0.717) is 0 Å². The van der Waals surface area contributed by atoms with Gasteiger partial charge in [0.15, 0.2) is 0 Å². The van der Waals surface area contributed by atoms with Gasteiger partial charge in [0.25, 0.3) is 15.5 Å². The molecule has 0 aliphatic carbocycles. The number of nitrogens with zero attached hydrogens (tertiary/aromatic N) is 1. The predicted octanol–water partition coefficient (Wildman–Crippen LogP) is 1.96. The quantitative estimate of drug-likeness (QED) is 0.823. The molecule has 0 aromatic carbocycles. The number of halogens is 3. The fraction of sp³-hybridized carbons (Fsp3) is 0.286. The summed E-state index contributed by atoms with van der Waals surface area (Å²) >= 11 is 0. The van der Waals surface area contributed by atoms with Crippen molar-refractivity contribution in [3.63, 3.8) is 0 Å². The van der Waals surface area contributed by atoms with Crippen LogP contribution < -0.4 is 0 Å². The van der Waals surface area contributed by atoms with Gasteiger partial charge < -0.3 is 5.11 Å². The van der Waals surface area contributed by atoms with Gasteiger partial charge >= 0.3 is 0 Å². The number of hydrogen-bond donors (Lipinski definition) is 1. The summed E-state index contributed by atoms with van der Waals surface area (Å²) in [5.74, 6) is -0.501. The molecule has 1 rings (SSSR count). The van der Waals surface area contributed by atoms with Gasteiger partial charge in [0.2, 0.25) is 0 Å². The van der Waals surface area contributed by atoms with Gasteiger partial charge in [-0.2, -0.15) is 0 Å². The molecule has 0 unspecified atom stereocenters. The molecule has 15 heavy (non-hydrogen) atoms. The van der Waals surface area contributed by atoms with Crippen LogP contribution in [-0.2, 0) is 9.05 Å². The number of hydrogen-bond acceptors (Lipinski definition) is 4. The molecule has 0 aliphatic rings. The Labute approximate surface area is 88.9 Å². The zero-order valence-electron chi connectivity index (χ0n) is 7.41. The van der Waals surface area contributed by atoms with Crippen molar-refractivity contribution in [2.75, 3.05) is 0 Å². The van der Waals surface area contributed by atoms with Crippen LogP contribution in [0.3, 0.4) is 0 Å². The molecule has 84 valence electrons. The molecule has 8 heteroatoms. The van der Waals surface area contributed by atoms with Crippen LogP contribution in [0.25, 0.3) is 0 Å². The predicted molar refractivity (Wildman–Crippen MR) is 48.6 cm³/mol. The lowest BCUT2D eigenvalue weighted by Gasteiger charge is -2.08. The van der Waals surface area contributed by atoms with Crippen LogP contribution in [0.1, 0.15) is 17.7 Å². The summed E-state index contributed by atoms with van der Waals surface area (Å²) in [6, 6.07) is 0. The fourth-order valence-corrected chi connectivity index (χ4v) is 2.50. The molecule has 1 aromatic rings. The molecule has 0 fully saturated rings. The second-order valence-corrected chi connectivity index (χ2v) is 5.22. The maximum atomic E-state index is 12.4. The van der Waals surface area contributed by atoms with E-state index in [9.17, 15) is 17.2 Å². The third-order valence-corrected chi connectivity index (χ3v) is 3.20. The lowest BCUT2D eigenvalue weighted by Crippen LogP contribution is -2.04. The minimum absolute atomic E-state index is 0.240. The number of pyridine rings is 1. The summed E-state index contributed by atoms with van der Waals surface area (Å²) in [6.45, 7) is 1.16. The van der Waals surface area contributed by atoms with Crippen molar-refractivity contribution in [2.45, 2.75) is 18.2 Å². The van der Waals surface area contributed by atoms with Crippen LogP contribution in [-0.4, -0.2) is 18.5 Å². The van der Waals surface area contributed by atoms with Crippen LogP contribution in [0.5, 0.6) is 5.75 Å². The Kier molecular flexibility index (Phi) is 3.15. The zero-order valence-corrected chi connectivity index (χ0v) is 8.98. The molecular formula is C7H6ClF2NO3S. The van der Waals surface area contributed by atoms with Crippen LogP contribution in [0.4, 0.5) is 8.78 Å². The Morgan fingerprint density at radius 3 is 2.47 bits per heavy atom. The average molecular weight is 258 g/mol. The summed E-state index contributed by atoms with van der Waals surface area (Å²) < 4.78 is 46.8. The normalized spacial score (nSPS) is 12.1. The van der Waals surface area contributed by atoms with Crippen LogP contribution in [0.15, 0.2) is 11.1 Å². The van der Waals surface area contributed by atoms with Gasteiger partial charge in [-0.1, -0.05) is 0 Å². The first kappa shape index (κ1) is 12.1. The highest BCUT2D eigenvalue weighted by atomic mass is 35.7. The van der Waals surface area contributed by atoms with Crippen LogP contribution >= 0.6 is 10.7 Å². The third-order valence-electron chi connectivity index (χ3n) is 1.73. The van der Waals surface area contributed by atoms with Crippen molar-refractivity contribution in [1.29, 1.82) is 0 Å². The first-order valence-electron chi connectivity index (χ1n) is 3.66. The van der Waals surface area contributed by atoms with E-state index in [1.807, 2.05) is 0 Å². The molecule has 0 aliphatic heterocycles. The van der Waals surface area contributed by atoms with Crippen molar-refractivity contribution in [3.8, 4) is 5.75 Å². The summed E-state index contributed by atoms with van der Waals surface area (Å²) in [4.78, 5) is 2.31. The van der Waals surface area contributed by atoms with E-state index >= 15 is 0 Å². The molecule has 1 aromatic heterocycles. The minimum atomic E-state index is -4.36. The highest BCUT2D eigenvalue weighted by Crippen LogP contribution is 2.33. The van der Waals surface area contributed by atoms with Gasteiger partial charge in [-0.05, 0) is 6.92 Å². The van der Waals surface area contributed by atoms with Crippen LogP contribution in [0.2, 0.25) is 0 Å². The average Bonchev–Trinajstić information content (AvgIpc) is 2.06. The summed E-state index contributed by atoms with van der Waals surface area (Å²) in [7, 11) is 0.611. The molecule has 0 bridgehead atoms. The van der Waals surface area contributed by atoms with Gasteiger partial charge in [-0.15, -0.1) is 0 Å². The largest absolute Gasteiger partial charge is 0.506 e. The molecular weight excluding hydrogens is 252 g/mol. The van der Waals surface area contributed by atoms with Crippen molar-refractivity contribution < 1.29 is 22.3 Å². The molecule has 4 nitrogen and oxygen atoms in total. The molecule has 1 N–H and O–H groups in total. The number of aromatic hydroxyl groups is 1. The van der Waals surface area contributed by atoms with E-state index in [2.05, 4.69) is 4.98 Å². The summed E-state index contributed by atoms with van der Waals surface area (Å²) in [5.41, 5.74) is -1.20. The van der Waals surface area contributed by atoms with Gasteiger partial charge in [-0.3, -0.25) is 0 Å². The molecule has 0 atom stereocenters. The highest BCUT2D eigenvalue weighted by molar-refractivity contribution is 8.13. The molecule has 0 spiro atoms. The van der Waals surface area contributed by atoms with Crippen molar-refractivity contribution in [1.82, 2.24) is 4.98 Å². The second-order valence-electron chi connectivity index (χ2n) is 2.72. The van der Waals surface area contributed by atoms with Gasteiger partial charge in [0, 0.05) is 16.2 Å².